The van der Waals surface area contributed by atoms with Crippen LogP contribution in [0.15, 0.2) is 0 Å². The number of alkyl halides is 4. The molecule has 1 atom stereocenters. The molecule has 0 saturated carbocycles. The molecule has 1 aromatic rings. The molecule has 1 unspecified atom stereocenters. The van der Waals surface area contributed by atoms with Crippen LogP contribution in [0.3, 0.4) is 0 Å². The third-order valence-corrected chi connectivity index (χ3v) is 3.33. The van der Waals surface area contributed by atoms with Gasteiger partial charge in [-0.2, -0.15) is 0 Å². The molecule has 0 aliphatic carbocycles. The van der Waals surface area contributed by atoms with Crippen molar-refractivity contribution in [1.82, 2.24) is 9.97 Å². The van der Waals surface area contributed by atoms with E-state index < -0.39 is 9.17 Å². The molecule has 1 rings (SSSR count). The first-order chi connectivity index (χ1) is 5.82. The molecule has 0 bridgehead atoms. The van der Waals surface area contributed by atoms with E-state index in [1.807, 2.05) is 0 Å². The lowest BCUT2D eigenvalue weighted by Gasteiger charge is -2.14. The second kappa shape index (κ2) is 4.21. The zero-order chi connectivity index (χ0) is 10.2. The summed E-state index contributed by atoms with van der Waals surface area (Å²) in [5.41, 5.74) is 0. The Morgan fingerprint density at radius 1 is 1.23 bits per heavy atom. The molecule has 0 saturated heterocycles. The fourth-order valence-corrected chi connectivity index (χ4v) is 1.31. The minimum Gasteiger partial charge on any atom is -0.330 e. The number of H-pyrrole nitrogens is 1. The molecule has 0 amide bonds. The Kier molecular flexibility index (Phi) is 3.90. The van der Waals surface area contributed by atoms with Crippen LogP contribution in [-0.2, 0) is 0 Å². The first-order valence-corrected chi connectivity index (χ1v) is 5.26. The average molecular weight is 303 g/mol. The predicted octanol–water partition coefficient (Wildman–Crippen LogP) is 4.37. The van der Waals surface area contributed by atoms with Crippen LogP contribution in [0.25, 0.3) is 0 Å². The monoisotopic (exact) mass is 300 g/mol. The largest absolute Gasteiger partial charge is 0.330 e. The highest BCUT2D eigenvalue weighted by Gasteiger charge is 2.34. The molecule has 0 aliphatic heterocycles. The van der Waals surface area contributed by atoms with E-state index in [2.05, 4.69) is 9.97 Å². The van der Waals surface area contributed by atoms with Crippen molar-refractivity contribution >= 4 is 69.6 Å². The minimum atomic E-state index is -1.66. The Bertz CT molecular complexity index is 283. The summed E-state index contributed by atoms with van der Waals surface area (Å²) in [4.78, 5) is 6.36. The van der Waals surface area contributed by atoms with Crippen molar-refractivity contribution in [2.24, 2.45) is 0 Å². The standard InChI is InChI=1S/C5H2Cl6N2/c6-1(5(9,10)11)4-12-2(7)3(8)13-4/h1H,(H,12,13). The van der Waals surface area contributed by atoms with Gasteiger partial charge in [-0.1, -0.05) is 58.0 Å². The molecule has 0 radical (unpaired) electrons. The molecule has 0 fully saturated rings. The van der Waals surface area contributed by atoms with Gasteiger partial charge in [0.05, 0.1) is 0 Å². The van der Waals surface area contributed by atoms with Crippen molar-refractivity contribution < 1.29 is 0 Å². The molecule has 74 valence electrons. The van der Waals surface area contributed by atoms with Gasteiger partial charge in [0.25, 0.3) is 0 Å². The van der Waals surface area contributed by atoms with E-state index >= 15 is 0 Å². The predicted molar refractivity (Wildman–Crippen MR) is 57.5 cm³/mol. The van der Waals surface area contributed by atoms with Crippen molar-refractivity contribution in [2.75, 3.05) is 0 Å². The first-order valence-electron chi connectivity index (χ1n) is 2.94. The van der Waals surface area contributed by atoms with Crippen molar-refractivity contribution in [2.45, 2.75) is 9.17 Å². The van der Waals surface area contributed by atoms with Crippen LogP contribution in [0.5, 0.6) is 0 Å². The fraction of sp³-hybridized carbons (Fsp3) is 0.400. The van der Waals surface area contributed by atoms with Gasteiger partial charge in [0.15, 0.2) is 5.15 Å². The van der Waals surface area contributed by atoms with E-state index in [1.54, 1.807) is 0 Å². The normalized spacial score (nSPS) is 14.6. The zero-order valence-electron chi connectivity index (χ0n) is 5.79. The number of hydrogen-bond donors (Lipinski definition) is 1. The number of aromatic nitrogens is 2. The zero-order valence-corrected chi connectivity index (χ0v) is 10.3. The van der Waals surface area contributed by atoms with Crippen LogP contribution in [0.4, 0.5) is 0 Å². The molecule has 0 spiro atoms. The van der Waals surface area contributed by atoms with Crippen LogP contribution in [0.2, 0.25) is 10.3 Å². The van der Waals surface area contributed by atoms with Crippen molar-refractivity contribution in [1.29, 1.82) is 0 Å². The Morgan fingerprint density at radius 2 is 1.77 bits per heavy atom. The molecule has 0 aliphatic rings. The molecule has 1 heterocycles. The second-order valence-electron chi connectivity index (χ2n) is 2.13. The fourth-order valence-electron chi connectivity index (χ4n) is 0.622. The number of halogens is 6. The third-order valence-electron chi connectivity index (χ3n) is 1.16. The quantitative estimate of drug-likeness (QED) is 0.767. The summed E-state index contributed by atoms with van der Waals surface area (Å²) in [6.45, 7) is 0. The minimum absolute atomic E-state index is 0.0940. The van der Waals surface area contributed by atoms with E-state index in [9.17, 15) is 0 Å². The molecule has 1 aromatic heterocycles. The number of aromatic amines is 1. The third kappa shape index (κ3) is 2.95. The van der Waals surface area contributed by atoms with E-state index in [-0.39, 0.29) is 16.1 Å². The first kappa shape index (κ1) is 12.0. The van der Waals surface area contributed by atoms with Gasteiger partial charge in [-0.05, 0) is 0 Å². The number of nitrogens with zero attached hydrogens (tertiary/aromatic N) is 1. The summed E-state index contributed by atoms with van der Waals surface area (Å²) in [5, 5.41) is -0.671. The van der Waals surface area contributed by atoms with E-state index in [4.69, 9.17) is 69.6 Å². The smallest absolute Gasteiger partial charge is 0.213 e. The van der Waals surface area contributed by atoms with Gasteiger partial charge < -0.3 is 4.98 Å². The van der Waals surface area contributed by atoms with E-state index in [1.165, 1.54) is 0 Å². The summed E-state index contributed by atoms with van der Waals surface area (Å²) in [6.07, 6.45) is 0. The molecule has 2 nitrogen and oxygen atoms in total. The summed E-state index contributed by atoms with van der Waals surface area (Å²) >= 11 is 33.5. The highest BCUT2D eigenvalue weighted by Crippen LogP contribution is 2.43. The lowest BCUT2D eigenvalue weighted by molar-refractivity contribution is 0.883. The topological polar surface area (TPSA) is 28.7 Å². The van der Waals surface area contributed by atoms with Crippen LogP contribution in [0.1, 0.15) is 11.2 Å². The lowest BCUT2D eigenvalue weighted by atomic mass is 10.4. The molecular weight excluding hydrogens is 301 g/mol. The Labute approximate surface area is 104 Å². The molecule has 13 heavy (non-hydrogen) atoms. The van der Waals surface area contributed by atoms with Crippen LogP contribution >= 0.6 is 69.6 Å². The van der Waals surface area contributed by atoms with Gasteiger partial charge in [-0.3, -0.25) is 0 Å². The molecular formula is C5H2Cl6N2. The summed E-state index contributed by atoms with van der Waals surface area (Å²) in [5.74, 6) is 0.219. The number of imidazole rings is 1. The SMILES string of the molecule is Clc1nc(C(Cl)C(Cl)(Cl)Cl)[nH]c1Cl. The van der Waals surface area contributed by atoms with E-state index in [0.29, 0.717) is 0 Å². The summed E-state index contributed by atoms with van der Waals surface area (Å²) in [7, 11) is 0. The Morgan fingerprint density at radius 3 is 2.08 bits per heavy atom. The number of nitrogens with one attached hydrogen (secondary N) is 1. The van der Waals surface area contributed by atoms with Crippen molar-refractivity contribution in [3.8, 4) is 0 Å². The number of rotatable bonds is 1. The van der Waals surface area contributed by atoms with Gasteiger partial charge in [-0.15, -0.1) is 11.6 Å². The second-order valence-corrected chi connectivity index (χ2v) is 5.67. The van der Waals surface area contributed by atoms with Gasteiger partial charge in [0, 0.05) is 0 Å². The summed E-state index contributed by atoms with van der Waals surface area (Å²) < 4.78 is -1.66. The van der Waals surface area contributed by atoms with Gasteiger partial charge in [0.2, 0.25) is 3.79 Å². The number of hydrogen-bond acceptors (Lipinski definition) is 1. The van der Waals surface area contributed by atoms with Gasteiger partial charge in [0.1, 0.15) is 16.4 Å². The molecule has 8 heteroatoms. The van der Waals surface area contributed by atoms with Crippen LogP contribution < -0.4 is 0 Å². The maximum Gasteiger partial charge on any atom is 0.213 e. The maximum atomic E-state index is 5.76. The molecule has 1 N–H and O–H groups in total. The van der Waals surface area contributed by atoms with E-state index in [0.717, 1.165) is 0 Å². The maximum absolute atomic E-state index is 5.76. The highest BCUT2D eigenvalue weighted by atomic mass is 35.6. The Hall–Kier alpha value is 0.950. The van der Waals surface area contributed by atoms with Crippen LogP contribution in [-0.4, -0.2) is 13.8 Å². The van der Waals surface area contributed by atoms with Crippen molar-refractivity contribution in [3.05, 3.63) is 16.1 Å². The van der Waals surface area contributed by atoms with Crippen LogP contribution in [0, 0.1) is 0 Å². The Balaban J connectivity index is 2.96. The van der Waals surface area contributed by atoms with Gasteiger partial charge >= 0.3 is 0 Å². The lowest BCUT2D eigenvalue weighted by Crippen LogP contribution is -2.12. The summed E-state index contributed by atoms with van der Waals surface area (Å²) in [6, 6.07) is 0. The molecule has 0 aromatic carbocycles. The average Bonchev–Trinajstić information content (AvgIpc) is 2.29. The van der Waals surface area contributed by atoms with Crippen molar-refractivity contribution in [3.63, 3.8) is 0 Å². The van der Waals surface area contributed by atoms with Gasteiger partial charge in [-0.25, -0.2) is 4.98 Å². The highest BCUT2D eigenvalue weighted by molar-refractivity contribution is 6.70.